The molecule has 434 valence electrons. The first kappa shape index (κ1) is 62.5. The standard InChI is InChI=1S/C70H105N5O2S2/c1-12-17-22-27-29-33-38-51(36-31-24-19-14-3)49-74-63(65-71-47-59(78-65)53-40-42-55-56-43-41-54(69(6,7)8)46-58(56)73(57(55)45-53)44-35-26-21-16-5)61-62(68(74)77)64(66-72-48-60(79-66)70(9,10)11)75(67(61)76)50-52(37-32-25-20-15-4)39-34-30-28-23-18-13-2/h40-43,45-48,51-52H,12-39,44,49-50H2,1-11H3. The van der Waals surface area contributed by atoms with Crippen molar-refractivity contribution < 1.29 is 9.59 Å². The molecule has 2 aliphatic heterocycles. The van der Waals surface area contributed by atoms with Crippen LogP contribution in [-0.4, -0.2) is 49.2 Å². The number of aromatic nitrogens is 3. The molecule has 7 rings (SSSR count). The van der Waals surface area contributed by atoms with Crippen molar-refractivity contribution in [2.45, 2.75) is 273 Å². The average molecular weight is 1110 g/mol. The molecule has 2 atom stereocenters. The first-order valence-electron chi connectivity index (χ1n) is 32.3. The summed E-state index contributed by atoms with van der Waals surface area (Å²) in [7, 11) is 0. The second-order valence-electron chi connectivity index (χ2n) is 26.1. The quantitative estimate of drug-likeness (QED) is 0.0375. The summed E-state index contributed by atoms with van der Waals surface area (Å²) in [5.74, 6) is 0.585. The van der Waals surface area contributed by atoms with Crippen molar-refractivity contribution in [2.24, 2.45) is 11.8 Å². The zero-order valence-corrected chi connectivity index (χ0v) is 53.2. The van der Waals surface area contributed by atoms with Crippen LogP contribution < -0.4 is 0 Å². The summed E-state index contributed by atoms with van der Waals surface area (Å²) in [5, 5.41) is 4.14. The number of carbonyl (C=O) groups excluding carboxylic acids is 2. The van der Waals surface area contributed by atoms with Crippen molar-refractivity contribution in [1.82, 2.24) is 24.3 Å². The lowest BCUT2D eigenvalue weighted by atomic mass is 9.86. The SMILES string of the molecule is CCCCCCCCC(CCCCCC)CN1C(=O)C2=C(c3ncc(C(C)(C)C)s3)N(CC(CCCCCC)CCCCCCCC)C(=O)C2=C1c1ncc(-c2ccc3c4ccc(C(C)(C)C)cc4n(CCCCCC)c3c2)s1. The monoisotopic (exact) mass is 1110 g/mol. The molecule has 2 amide bonds. The molecule has 5 heterocycles. The van der Waals surface area contributed by atoms with E-state index in [1.54, 1.807) is 22.7 Å². The zero-order chi connectivity index (χ0) is 56.5. The van der Waals surface area contributed by atoms with Crippen LogP contribution in [0.1, 0.15) is 276 Å². The van der Waals surface area contributed by atoms with Crippen molar-refractivity contribution in [3.8, 4) is 10.4 Å². The summed E-state index contributed by atoms with van der Waals surface area (Å²) >= 11 is 3.31. The third-order valence-electron chi connectivity index (χ3n) is 17.3. The van der Waals surface area contributed by atoms with Crippen molar-refractivity contribution in [1.29, 1.82) is 0 Å². The van der Waals surface area contributed by atoms with Crippen molar-refractivity contribution in [3.63, 3.8) is 0 Å². The van der Waals surface area contributed by atoms with Crippen molar-refractivity contribution >= 4 is 67.7 Å². The number of amides is 2. The Morgan fingerprint density at radius 3 is 1.35 bits per heavy atom. The number of unbranched alkanes of at least 4 members (excludes halogenated alkanes) is 19. The number of nitrogens with zero attached hydrogens (tertiary/aromatic N) is 5. The fourth-order valence-electron chi connectivity index (χ4n) is 12.4. The molecule has 79 heavy (non-hydrogen) atoms. The van der Waals surface area contributed by atoms with Gasteiger partial charge in [0.05, 0.1) is 27.4 Å². The normalized spacial score (nSPS) is 15.1. The summed E-state index contributed by atoms with van der Waals surface area (Å²) < 4.78 is 2.57. The summed E-state index contributed by atoms with van der Waals surface area (Å²) in [5.41, 5.74) is 7.55. The molecule has 0 radical (unpaired) electrons. The number of thiazole rings is 2. The van der Waals surface area contributed by atoms with E-state index >= 15 is 9.59 Å². The Morgan fingerprint density at radius 1 is 0.468 bits per heavy atom. The van der Waals surface area contributed by atoms with E-state index in [0.717, 1.165) is 88.2 Å². The molecule has 2 aliphatic rings. The maximum Gasteiger partial charge on any atom is 0.261 e. The Kier molecular flexibility index (Phi) is 24.0. The summed E-state index contributed by atoms with van der Waals surface area (Å²) in [6.07, 6.45) is 37.8. The first-order chi connectivity index (χ1) is 38.1. The minimum atomic E-state index is -0.121. The van der Waals surface area contributed by atoms with E-state index in [1.807, 2.05) is 22.2 Å². The molecule has 2 unspecified atom stereocenters. The third kappa shape index (κ3) is 16.1. The van der Waals surface area contributed by atoms with E-state index in [4.69, 9.17) is 9.97 Å². The minimum absolute atomic E-state index is 0.0410. The number of rotatable bonds is 36. The van der Waals surface area contributed by atoms with Gasteiger partial charge in [0.2, 0.25) is 0 Å². The van der Waals surface area contributed by atoms with Crippen molar-refractivity contribution in [2.75, 3.05) is 13.1 Å². The van der Waals surface area contributed by atoms with E-state index < -0.39 is 0 Å². The van der Waals surface area contributed by atoms with Crippen LogP contribution in [0.25, 0.3) is 43.6 Å². The Bertz CT molecular complexity index is 2790. The van der Waals surface area contributed by atoms with Crippen LogP contribution >= 0.6 is 22.7 Å². The number of benzene rings is 2. The van der Waals surface area contributed by atoms with E-state index in [1.165, 1.54) is 162 Å². The molecule has 0 bridgehead atoms. The molecular formula is C70H105N5O2S2. The van der Waals surface area contributed by atoms with Gasteiger partial charge in [0.1, 0.15) is 10.0 Å². The van der Waals surface area contributed by atoms with Crippen LogP contribution in [0.4, 0.5) is 0 Å². The van der Waals surface area contributed by atoms with E-state index in [-0.39, 0.29) is 22.6 Å². The highest BCUT2D eigenvalue weighted by Crippen LogP contribution is 2.50. The summed E-state index contributed by atoms with van der Waals surface area (Å²) in [4.78, 5) is 48.7. The Balaban J connectivity index is 1.35. The van der Waals surface area contributed by atoms with Gasteiger partial charge in [-0.2, -0.15) is 0 Å². The predicted octanol–water partition coefficient (Wildman–Crippen LogP) is 21.0. The molecular weight excluding hydrogens is 1010 g/mol. The minimum Gasteiger partial charge on any atom is -0.340 e. The zero-order valence-electron chi connectivity index (χ0n) is 51.6. The van der Waals surface area contributed by atoms with E-state index in [2.05, 4.69) is 117 Å². The molecule has 7 nitrogen and oxygen atoms in total. The molecule has 9 heteroatoms. The Labute approximate surface area is 487 Å². The molecule has 0 saturated carbocycles. The van der Waals surface area contributed by atoms with Gasteiger partial charge in [-0.25, -0.2) is 9.97 Å². The third-order valence-corrected chi connectivity index (χ3v) is 19.8. The molecule has 0 spiro atoms. The van der Waals surface area contributed by atoms with E-state index in [0.29, 0.717) is 36.1 Å². The molecule has 0 fully saturated rings. The molecule has 0 N–H and O–H groups in total. The molecule has 2 aromatic carbocycles. The number of carbonyl (C=O) groups is 2. The number of fused-ring (bicyclic) bond motifs is 4. The number of hydrogen-bond acceptors (Lipinski definition) is 6. The Hall–Kier alpha value is -4.08. The fraction of sp³-hybridized carbons (Fsp3) is 0.657. The Morgan fingerprint density at radius 2 is 0.886 bits per heavy atom. The molecule has 3 aromatic heterocycles. The van der Waals surface area contributed by atoms with Gasteiger partial charge < -0.3 is 14.4 Å². The van der Waals surface area contributed by atoms with Crippen LogP contribution in [0.3, 0.4) is 0 Å². The summed E-state index contributed by atoms with van der Waals surface area (Å²) in [6.45, 7) is 27.2. The maximum absolute atomic E-state index is 16.0. The highest BCUT2D eigenvalue weighted by molar-refractivity contribution is 7.16. The lowest BCUT2D eigenvalue weighted by Gasteiger charge is -2.29. The molecule has 5 aromatic rings. The number of aryl methyl sites for hydroxylation is 1. The van der Waals surface area contributed by atoms with Gasteiger partial charge in [0.15, 0.2) is 0 Å². The van der Waals surface area contributed by atoms with Crippen molar-refractivity contribution in [3.05, 3.63) is 80.4 Å². The van der Waals surface area contributed by atoms with Gasteiger partial charge >= 0.3 is 0 Å². The topological polar surface area (TPSA) is 71.3 Å². The van der Waals surface area contributed by atoms with Gasteiger partial charge in [0, 0.05) is 58.7 Å². The first-order valence-corrected chi connectivity index (χ1v) is 33.9. The fourth-order valence-corrected chi connectivity index (χ4v) is 14.4. The van der Waals surface area contributed by atoms with Gasteiger partial charge in [-0.1, -0.05) is 248 Å². The highest BCUT2D eigenvalue weighted by Gasteiger charge is 2.51. The summed E-state index contributed by atoms with van der Waals surface area (Å²) in [6, 6.07) is 14.1. The molecule has 0 saturated heterocycles. The number of hydrogen-bond donors (Lipinski definition) is 0. The van der Waals surface area contributed by atoms with Gasteiger partial charge in [0.25, 0.3) is 11.8 Å². The predicted molar refractivity (Wildman–Crippen MR) is 342 cm³/mol. The van der Waals surface area contributed by atoms with Crippen LogP contribution in [0.15, 0.2) is 59.9 Å². The molecule has 0 aliphatic carbocycles. The maximum atomic E-state index is 16.0. The lowest BCUT2D eigenvalue weighted by Crippen LogP contribution is -2.35. The van der Waals surface area contributed by atoms with Crippen LogP contribution in [0, 0.1) is 11.8 Å². The van der Waals surface area contributed by atoms with Crippen LogP contribution in [0.5, 0.6) is 0 Å². The smallest absolute Gasteiger partial charge is 0.261 e. The highest BCUT2D eigenvalue weighted by atomic mass is 32.1. The van der Waals surface area contributed by atoms with Gasteiger partial charge in [-0.05, 0) is 78.0 Å². The second kappa shape index (κ2) is 30.3. The van der Waals surface area contributed by atoms with Gasteiger partial charge in [-0.3, -0.25) is 9.59 Å². The van der Waals surface area contributed by atoms with Crippen LogP contribution in [-0.2, 0) is 27.0 Å². The average Bonchev–Trinajstić information content (AvgIpc) is 4.46. The second-order valence-corrected chi connectivity index (χ2v) is 28.1. The lowest BCUT2D eigenvalue weighted by molar-refractivity contribution is -0.124. The van der Waals surface area contributed by atoms with Crippen LogP contribution in [0.2, 0.25) is 0 Å². The van der Waals surface area contributed by atoms with E-state index in [9.17, 15) is 0 Å². The largest absolute Gasteiger partial charge is 0.340 e. The van der Waals surface area contributed by atoms with Gasteiger partial charge in [-0.15, -0.1) is 22.7 Å².